The first-order valence-electron chi connectivity index (χ1n) is 9.69. The van der Waals surface area contributed by atoms with Gasteiger partial charge in [0.2, 0.25) is 5.91 Å². The van der Waals surface area contributed by atoms with E-state index in [2.05, 4.69) is 5.32 Å². The van der Waals surface area contributed by atoms with E-state index in [1.54, 1.807) is 17.0 Å². The first-order valence-corrected chi connectivity index (χ1v) is 10.1. The van der Waals surface area contributed by atoms with Crippen molar-refractivity contribution in [2.75, 3.05) is 43.5 Å². The van der Waals surface area contributed by atoms with E-state index in [4.69, 9.17) is 16.3 Å². The van der Waals surface area contributed by atoms with Gasteiger partial charge in [-0.1, -0.05) is 11.6 Å². The molecule has 0 radical (unpaired) electrons. The van der Waals surface area contributed by atoms with E-state index in [-0.39, 0.29) is 27.7 Å². The Morgan fingerprint density at radius 2 is 1.78 bits per heavy atom. The number of anilines is 2. The van der Waals surface area contributed by atoms with Gasteiger partial charge >= 0.3 is 5.97 Å². The van der Waals surface area contributed by atoms with Gasteiger partial charge in [0.25, 0.3) is 11.6 Å². The lowest BCUT2D eigenvalue weighted by atomic mass is 10.1. The minimum absolute atomic E-state index is 0.0143. The van der Waals surface area contributed by atoms with Crippen LogP contribution in [0.3, 0.4) is 0 Å². The molecule has 2 aromatic carbocycles. The van der Waals surface area contributed by atoms with E-state index in [1.807, 2.05) is 4.90 Å². The Morgan fingerprint density at radius 3 is 2.38 bits per heavy atom. The number of nitrogens with zero attached hydrogens (tertiary/aromatic N) is 3. The molecule has 0 aromatic heterocycles. The maximum absolute atomic E-state index is 12.9. The highest BCUT2D eigenvalue weighted by Gasteiger charge is 2.23. The van der Waals surface area contributed by atoms with Crippen LogP contribution in [0.5, 0.6) is 0 Å². The third-order valence-electron chi connectivity index (χ3n) is 5.14. The zero-order valence-corrected chi connectivity index (χ0v) is 18.2. The van der Waals surface area contributed by atoms with Crippen LogP contribution in [-0.4, -0.2) is 60.9 Å². The van der Waals surface area contributed by atoms with Crippen LogP contribution in [0.1, 0.15) is 27.6 Å². The fourth-order valence-corrected chi connectivity index (χ4v) is 3.61. The molecule has 1 saturated heterocycles. The van der Waals surface area contributed by atoms with Gasteiger partial charge in [-0.05, 0) is 24.3 Å². The topological polar surface area (TPSA) is 122 Å². The van der Waals surface area contributed by atoms with Gasteiger partial charge in [0.1, 0.15) is 0 Å². The zero-order chi connectivity index (χ0) is 23.4. The van der Waals surface area contributed by atoms with Crippen molar-refractivity contribution in [3.05, 3.63) is 62.7 Å². The Hall–Kier alpha value is -3.66. The molecule has 11 heteroatoms. The number of esters is 1. The number of ether oxygens (including phenoxy) is 1. The van der Waals surface area contributed by atoms with E-state index in [0.717, 1.165) is 6.07 Å². The number of non-ortho nitro benzene ring substituents is 1. The average Bonchev–Trinajstić information content (AvgIpc) is 2.78. The monoisotopic (exact) mass is 460 g/mol. The van der Waals surface area contributed by atoms with Crippen molar-refractivity contribution in [3.8, 4) is 0 Å². The molecule has 1 heterocycles. The molecule has 0 bridgehead atoms. The predicted molar refractivity (Wildman–Crippen MR) is 118 cm³/mol. The Bertz CT molecular complexity index is 1080. The molecule has 1 N–H and O–H groups in total. The third kappa shape index (κ3) is 4.97. The number of piperazine rings is 1. The van der Waals surface area contributed by atoms with Crippen LogP contribution in [-0.2, 0) is 9.53 Å². The second kappa shape index (κ2) is 9.65. The molecule has 2 amide bonds. The van der Waals surface area contributed by atoms with Crippen molar-refractivity contribution >= 4 is 46.4 Å². The van der Waals surface area contributed by atoms with Gasteiger partial charge in [0.15, 0.2) is 0 Å². The van der Waals surface area contributed by atoms with Gasteiger partial charge < -0.3 is 19.9 Å². The second-order valence-corrected chi connectivity index (χ2v) is 7.50. The predicted octanol–water partition coefficient (Wildman–Crippen LogP) is 2.96. The lowest BCUT2D eigenvalue weighted by Gasteiger charge is -2.36. The number of amides is 2. The van der Waals surface area contributed by atoms with Crippen molar-refractivity contribution in [1.29, 1.82) is 0 Å². The molecule has 0 atom stereocenters. The van der Waals surface area contributed by atoms with Crippen LogP contribution in [0.15, 0.2) is 36.4 Å². The van der Waals surface area contributed by atoms with Gasteiger partial charge in [-0.25, -0.2) is 4.79 Å². The number of benzene rings is 2. The van der Waals surface area contributed by atoms with E-state index >= 15 is 0 Å². The molecule has 168 valence electrons. The molecule has 0 unspecified atom stereocenters. The Balaban J connectivity index is 1.94. The zero-order valence-electron chi connectivity index (χ0n) is 17.5. The highest BCUT2D eigenvalue weighted by atomic mass is 35.5. The number of rotatable bonds is 5. The highest BCUT2D eigenvalue weighted by molar-refractivity contribution is 6.34. The van der Waals surface area contributed by atoms with Crippen LogP contribution in [0.2, 0.25) is 5.02 Å². The summed E-state index contributed by atoms with van der Waals surface area (Å²) in [6, 6.07) is 8.31. The summed E-state index contributed by atoms with van der Waals surface area (Å²) < 4.78 is 4.76. The quantitative estimate of drug-likeness (QED) is 0.413. The summed E-state index contributed by atoms with van der Waals surface area (Å²) in [5, 5.41) is 13.8. The molecule has 1 aliphatic rings. The largest absolute Gasteiger partial charge is 0.465 e. The summed E-state index contributed by atoms with van der Waals surface area (Å²) in [6.45, 7) is 3.58. The number of carbonyl (C=O) groups excluding carboxylic acids is 3. The van der Waals surface area contributed by atoms with Gasteiger partial charge in [0.05, 0.1) is 39.6 Å². The molecule has 0 saturated carbocycles. The van der Waals surface area contributed by atoms with Crippen LogP contribution < -0.4 is 10.2 Å². The van der Waals surface area contributed by atoms with Gasteiger partial charge in [-0.3, -0.25) is 19.7 Å². The lowest BCUT2D eigenvalue weighted by molar-refractivity contribution is -0.384. The van der Waals surface area contributed by atoms with Crippen LogP contribution in [0.25, 0.3) is 0 Å². The number of hydrogen-bond donors (Lipinski definition) is 1. The van der Waals surface area contributed by atoms with E-state index in [0.29, 0.717) is 37.6 Å². The molecule has 10 nitrogen and oxygen atoms in total. The molecule has 32 heavy (non-hydrogen) atoms. The number of halogens is 1. The summed E-state index contributed by atoms with van der Waals surface area (Å²) in [5.74, 6) is -1.26. The number of nitro groups is 1. The van der Waals surface area contributed by atoms with Crippen LogP contribution >= 0.6 is 11.6 Å². The first-order chi connectivity index (χ1) is 15.2. The Morgan fingerprint density at radius 1 is 1.09 bits per heavy atom. The first kappa shape index (κ1) is 23.0. The molecular formula is C21H21ClN4O6. The fourth-order valence-electron chi connectivity index (χ4n) is 3.41. The Labute approximate surface area is 188 Å². The van der Waals surface area contributed by atoms with E-state index < -0.39 is 16.8 Å². The summed E-state index contributed by atoms with van der Waals surface area (Å²) in [7, 11) is 1.25. The second-order valence-electron chi connectivity index (χ2n) is 7.09. The lowest BCUT2D eigenvalue weighted by Crippen LogP contribution is -2.48. The highest BCUT2D eigenvalue weighted by Crippen LogP contribution is 2.30. The molecule has 0 spiro atoms. The van der Waals surface area contributed by atoms with Crippen molar-refractivity contribution in [2.45, 2.75) is 6.92 Å². The van der Waals surface area contributed by atoms with E-state index in [9.17, 15) is 24.5 Å². The normalized spacial score (nSPS) is 13.5. The number of nitro benzene ring substituents is 1. The SMILES string of the molecule is COC(=O)c1ccc(N2CCN(C(C)=O)CC2)c(NC(=O)c2cc([N+](=O)[O-])ccc2Cl)c1. The molecular weight excluding hydrogens is 440 g/mol. The summed E-state index contributed by atoms with van der Waals surface area (Å²) >= 11 is 6.09. The summed E-state index contributed by atoms with van der Waals surface area (Å²) in [6.07, 6.45) is 0. The van der Waals surface area contributed by atoms with Gasteiger partial charge in [-0.15, -0.1) is 0 Å². The summed E-state index contributed by atoms with van der Waals surface area (Å²) in [5.41, 5.74) is 0.826. The van der Waals surface area contributed by atoms with Crippen LogP contribution in [0.4, 0.5) is 17.1 Å². The maximum atomic E-state index is 12.9. The molecule has 1 aliphatic heterocycles. The molecule has 3 rings (SSSR count). The minimum atomic E-state index is -0.663. The molecule has 2 aromatic rings. The summed E-state index contributed by atoms with van der Waals surface area (Å²) in [4.78, 5) is 50.7. The fraction of sp³-hybridized carbons (Fsp3) is 0.286. The molecule has 1 fully saturated rings. The number of carbonyl (C=O) groups is 3. The van der Waals surface area contributed by atoms with Crippen molar-refractivity contribution in [2.24, 2.45) is 0 Å². The maximum Gasteiger partial charge on any atom is 0.337 e. The minimum Gasteiger partial charge on any atom is -0.465 e. The Kier molecular flexibility index (Phi) is 6.94. The van der Waals surface area contributed by atoms with Crippen molar-refractivity contribution in [3.63, 3.8) is 0 Å². The standard InChI is InChI=1S/C21H21ClN4O6/c1-13(27)24-7-9-25(10-8-24)19-6-3-14(21(29)32-2)11-18(19)23-20(28)16-12-15(26(30)31)4-5-17(16)22/h3-6,11-12H,7-10H2,1-2H3,(H,23,28). The number of methoxy groups -OCH3 is 1. The smallest absolute Gasteiger partial charge is 0.337 e. The number of hydrogen-bond acceptors (Lipinski definition) is 7. The van der Waals surface area contributed by atoms with Gasteiger partial charge in [-0.2, -0.15) is 0 Å². The van der Waals surface area contributed by atoms with Crippen molar-refractivity contribution < 1.29 is 24.0 Å². The number of nitrogens with one attached hydrogen (secondary N) is 1. The van der Waals surface area contributed by atoms with E-state index in [1.165, 1.54) is 32.2 Å². The van der Waals surface area contributed by atoms with Crippen LogP contribution in [0, 0.1) is 10.1 Å². The third-order valence-corrected chi connectivity index (χ3v) is 5.47. The molecule has 0 aliphatic carbocycles. The van der Waals surface area contributed by atoms with Crippen molar-refractivity contribution in [1.82, 2.24) is 4.90 Å². The van der Waals surface area contributed by atoms with Gasteiger partial charge in [0, 0.05) is 45.2 Å². The average molecular weight is 461 g/mol.